The van der Waals surface area contributed by atoms with Crippen LogP contribution in [0.3, 0.4) is 0 Å². The molecule has 3 amide bonds. The highest BCUT2D eigenvalue weighted by Gasteiger charge is 2.26. The first-order valence-electron chi connectivity index (χ1n) is 7.44. The monoisotopic (exact) mass is 358 g/mol. The summed E-state index contributed by atoms with van der Waals surface area (Å²) in [6.07, 6.45) is 0. The van der Waals surface area contributed by atoms with Crippen molar-refractivity contribution in [1.29, 1.82) is 0 Å². The van der Waals surface area contributed by atoms with Crippen LogP contribution in [0, 0.1) is 0 Å². The van der Waals surface area contributed by atoms with Gasteiger partial charge in [0.25, 0.3) is 5.91 Å². The van der Waals surface area contributed by atoms with Gasteiger partial charge in [0, 0.05) is 44.5 Å². The smallest absolute Gasteiger partial charge is 0.321 e. The number of amides is 3. The molecular formula is C15H20Cl2N4O2. The van der Waals surface area contributed by atoms with Crippen molar-refractivity contribution < 1.29 is 9.59 Å². The number of benzene rings is 1. The molecule has 0 bridgehead atoms. The van der Waals surface area contributed by atoms with E-state index in [1.807, 2.05) is 6.92 Å². The van der Waals surface area contributed by atoms with Gasteiger partial charge in [0.05, 0.1) is 10.6 Å². The van der Waals surface area contributed by atoms with Crippen LogP contribution in [0.15, 0.2) is 18.2 Å². The van der Waals surface area contributed by atoms with Crippen molar-refractivity contribution in [2.45, 2.75) is 13.0 Å². The molecule has 2 fully saturated rings. The van der Waals surface area contributed by atoms with E-state index < -0.39 is 0 Å². The van der Waals surface area contributed by atoms with E-state index >= 15 is 0 Å². The van der Waals surface area contributed by atoms with Crippen LogP contribution in [0.1, 0.15) is 17.3 Å². The largest absolute Gasteiger partial charge is 0.336 e. The third-order valence-corrected chi connectivity index (χ3v) is 4.33. The Morgan fingerprint density at radius 3 is 2.74 bits per heavy atom. The maximum atomic E-state index is 12.7. The van der Waals surface area contributed by atoms with Crippen molar-refractivity contribution in [2.24, 2.45) is 0 Å². The molecule has 0 saturated carbocycles. The van der Waals surface area contributed by atoms with E-state index in [2.05, 4.69) is 10.6 Å². The average Bonchev–Trinajstić information content (AvgIpc) is 2.93. The van der Waals surface area contributed by atoms with Gasteiger partial charge in [-0.15, -0.1) is 12.4 Å². The van der Waals surface area contributed by atoms with Crippen LogP contribution >= 0.6 is 24.0 Å². The van der Waals surface area contributed by atoms with Crippen molar-refractivity contribution in [3.63, 3.8) is 0 Å². The Morgan fingerprint density at radius 2 is 2.09 bits per heavy atom. The lowest BCUT2D eigenvalue weighted by Crippen LogP contribution is -2.51. The van der Waals surface area contributed by atoms with Gasteiger partial charge >= 0.3 is 6.03 Å². The number of carbonyl (C=O) groups is 2. The molecule has 0 aromatic heterocycles. The van der Waals surface area contributed by atoms with Crippen molar-refractivity contribution >= 4 is 41.6 Å². The lowest BCUT2D eigenvalue weighted by atomic mass is 10.1. The second-order valence-corrected chi connectivity index (χ2v) is 6.06. The minimum atomic E-state index is -0.142. The summed E-state index contributed by atoms with van der Waals surface area (Å²) < 4.78 is 0. The number of urea groups is 1. The van der Waals surface area contributed by atoms with E-state index in [9.17, 15) is 9.59 Å². The van der Waals surface area contributed by atoms with Crippen molar-refractivity contribution in [3.8, 4) is 0 Å². The minimum Gasteiger partial charge on any atom is -0.336 e. The third-order valence-electron chi connectivity index (χ3n) is 4.00. The number of hydrogen-bond donors (Lipinski definition) is 2. The van der Waals surface area contributed by atoms with E-state index in [1.165, 1.54) is 0 Å². The number of hydrogen-bond acceptors (Lipinski definition) is 3. The van der Waals surface area contributed by atoms with Gasteiger partial charge in [-0.25, -0.2) is 4.79 Å². The van der Waals surface area contributed by atoms with Crippen molar-refractivity contribution in [3.05, 3.63) is 28.8 Å². The quantitative estimate of drug-likeness (QED) is 0.845. The fraction of sp³-hybridized carbons (Fsp3) is 0.467. The third kappa shape index (κ3) is 3.71. The summed E-state index contributed by atoms with van der Waals surface area (Å²) in [4.78, 5) is 27.9. The van der Waals surface area contributed by atoms with Gasteiger partial charge in [0.1, 0.15) is 0 Å². The Hall–Kier alpha value is -1.50. The highest BCUT2D eigenvalue weighted by molar-refractivity contribution is 6.34. The average molecular weight is 359 g/mol. The van der Waals surface area contributed by atoms with E-state index in [-0.39, 0.29) is 30.4 Å². The second-order valence-electron chi connectivity index (χ2n) is 5.65. The number of nitrogens with zero attached hydrogens (tertiary/aromatic N) is 2. The standard InChI is InChI=1S/C15H19ClN4O2.ClH/c1-10-9-19(6-4-17-10)14(21)12-8-11(2-3-13(12)16)20-7-5-18-15(20)22;/h2-3,8,10,17H,4-7,9H2,1H3,(H,18,22);1H. The van der Waals surface area contributed by atoms with Gasteiger partial charge in [-0.1, -0.05) is 11.6 Å². The second kappa shape index (κ2) is 7.38. The maximum Gasteiger partial charge on any atom is 0.321 e. The van der Waals surface area contributed by atoms with E-state index in [1.54, 1.807) is 28.0 Å². The summed E-state index contributed by atoms with van der Waals surface area (Å²) in [5, 5.41) is 6.47. The summed E-state index contributed by atoms with van der Waals surface area (Å²) in [6, 6.07) is 5.29. The fourth-order valence-corrected chi connectivity index (χ4v) is 3.05. The first-order chi connectivity index (χ1) is 10.6. The van der Waals surface area contributed by atoms with Gasteiger partial charge in [-0.05, 0) is 25.1 Å². The normalized spacial score (nSPS) is 21.0. The van der Waals surface area contributed by atoms with Gasteiger partial charge in [0.2, 0.25) is 0 Å². The number of piperazine rings is 1. The van der Waals surface area contributed by atoms with Gasteiger partial charge in [0.15, 0.2) is 0 Å². The first kappa shape index (κ1) is 17.8. The number of carbonyl (C=O) groups excluding carboxylic acids is 2. The zero-order chi connectivity index (χ0) is 15.7. The van der Waals surface area contributed by atoms with E-state index in [4.69, 9.17) is 11.6 Å². The highest BCUT2D eigenvalue weighted by atomic mass is 35.5. The van der Waals surface area contributed by atoms with Gasteiger partial charge in [-0.2, -0.15) is 0 Å². The molecule has 1 aromatic carbocycles. The van der Waals surface area contributed by atoms with Crippen LogP contribution in [0.2, 0.25) is 5.02 Å². The summed E-state index contributed by atoms with van der Waals surface area (Å²) in [5.74, 6) is -0.0835. The van der Waals surface area contributed by atoms with Crippen LogP contribution in [0.25, 0.3) is 0 Å². The topological polar surface area (TPSA) is 64.7 Å². The molecule has 2 N–H and O–H groups in total. The highest BCUT2D eigenvalue weighted by Crippen LogP contribution is 2.26. The van der Waals surface area contributed by atoms with E-state index in [0.717, 1.165) is 6.54 Å². The molecule has 3 rings (SSSR count). The van der Waals surface area contributed by atoms with E-state index in [0.29, 0.717) is 42.5 Å². The zero-order valence-electron chi connectivity index (χ0n) is 12.8. The Morgan fingerprint density at radius 1 is 1.30 bits per heavy atom. The molecular weight excluding hydrogens is 339 g/mol. The van der Waals surface area contributed by atoms with Crippen molar-refractivity contribution in [2.75, 3.05) is 37.6 Å². The van der Waals surface area contributed by atoms with Crippen LogP contribution in [0.4, 0.5) is 10.5 Å². The Kier molecular flexibility index (Phi) is 5.73. The summed E-state index contributed by atoms with van der Waals surface area (Å²) in [5.41, 5.74) is 1.15. The predicted molar refractivity (Wildman–Crippen MR) is 92.8 cm³/mol. The molecule has 0 spiro atoms. The molecule has 6 nitrogen and oxygen atoms in total. The Labute approximate surface area is 146 Å². The van der Waals surface area contributed by atoms with Gasteiger partial charge < -0.3 is 15.5 Å². The molecule has 1 unspecified atom stereocenters. The fourth-order valence-electron chi connectivity index (χ4n) is 2.85. The lowest BCUT2D eigenvalue weighted by molar-refractivity contribution is 0.0709. The summed E-state index contributed by atoms with van der Waals surface area (Å²) in [7, 11) is 0. The van der Waals surface area contributed by atoms with Crippen LogP contribution < -0.4 is 15.5 Å². The molecule has 8 heteroatoms. The number of anilines is 1. The number of halogens is 2. The lowest BCUT2D eigenvalue weighted by Gasteiger charge is -2.32. The van der Waals surface area contributed by atoms with Crippen LogP contribution in [-0.2, 0) is 0 Å². The number of nitrogens with one attached hydrogen (secondary N) is 2. The zero-order valence-corrected chi connectivity index (χ0v) is 14.4. The molecule has 0 aliphatic carbocycles. The molecule has 126 valence electrons. The molecule has 1 atom stereocenters. The molecule has 0 radical (unpaired) electrons. The van der Waals surface area contributed by atoms with Crippen molar-refractivity contribution in [1.82, 2.24) is 15.5 Å². The molecule has 2 saturated heterocycles. The minimum absolute atomic E-state index is 0. The molecule has 1 aromatic rings. The predicted octanol–water partition coefficient (Wildman–Crippen LogP) is 1.73. The number of rotatable bonds is 2. The maximum absolute atomic E-state index is 12.7. The summed E-state index contributed by atoms with van der Waals surface area (Å²) >= 11 is 6.21. The first-order valence-corrected chi connectivity index (χ1v) is 7.81. The summed E-state index contributed by atoms with van der Waals surface area (Å²) in [6.45, 7) is 5.35. The molecule has 23 heavy (non-hydrogen) atoms. The van der Waals surface area contributed by atoms with Crippen LogP contribution in [0.5, 0.6) is 0 Å². The Bertz CT molecular complexity index is 611. The SMILES string of the molecule is CC1CN(C(=O)c2cc(N3CCNC3=O)ccc2Cl)CCN1.Cl. The molecule has 2 heterocycles. The Balaban J connectivity index is 0.00000192. The van der Waals surface area contributed by atoms with Crippen LogP contribution in [-0.4, -0.2) is 55.6 Å². The molecule has 2 aliphatic heterocycles. The van der Waals surface area contributed by atoms with Gasteiger partial charge in [-0.3, -0.25) is 9.69 Å². The molecule has 2 aliphatic rings.